The van der Waals surface area contributed by atoms with Gasteiger partial charge in [-0.1, -0.05) is 27.7 Å². The van der Waals surface area contributed by atoms with Crippen molar-refractivity contribution in [3.05, 3.63) is 0 Å². The summed E-state index contributed by atoms with van der Waals surface area (Å²) < 4.78 is 0. The van der Waals surface area contributed by atoms with Crippen LogP contribution < -0.4 is 5.32 Å². The third-order valence-corrected chi connectivity index (χ3v) is 2.33. The van der Waals surface area contributed by atoms with Gasteiger partial charge in [-0.2, -0.15) is 0 Å². The number of nitrogens with zero attached hydrogens (tertiary/aromatic N) is 1. The first-order valence-corrected chi connectivity index (χ1v) is 5.30. The van der Waals surface area contributed by atoms with E-state index in [4.69, 9.17) is 0 Å². The number of likely N-dealkylation sites (N-methyl/N-ethyl adjacent to an activating group) is 1. The van der Waals surface area contributed by atoms with Gasteiger partial charge in [0.1, 0.15) is 0 Å². The number of hydrogen-bond donors (Lipinski definition) is 1. The molecule has 0 aromatic carbocycles. The minimum absolute atomic E-state index is 0.824. The van der Waals surface area contributed by atoms with E-state index in [9.17, 15) is 0 Å². The lowest BCUT2D eigenvalue weighted by Crippen LogP contribution is -2.41. The topological polar surface area (TPSA) is 15.3 Å². The normalized spacial score (nSPS) is 31.8. The molecule has 12 heavy (non-hydrogen) atoms. The summed E-state index contributed by atoms with van der Waals surface area (Å²) in [6.07, 6.45) is 1.39. The van der Waals surface area contributed by atoms with Gasteiger partial charge in [0.2, 0.25) is 0 Å². The van der Waals surface area contributed by atoms with Gasteiger partial charge < -0.3 is 10.2 Å². The summed E-state index contributed by atoms with van der Waals surface area (Å²) in [7, 11) is 2.21. The van der Waals surface area contributed by atoms with Crippen molar-refractivity contribution in [2.24, 2.45) is 0 Å². The molecule has 2 saturated heterocycles. The van der Waals surface area contributed by atoms with Crippen LogP contribution in [0.3, 0.4) is 0 Å². The lowest BCUT2D eigenvalue weighted by Gasteiger charge is -2.21. The quantitative estimate of drug-likeness (QED) is 0.598. The molecule has 2 aliphatic rings. The Morgan fingerprint density at radius 3 is 1.92 bits per heavy atom. The molecule has 0 amide bonds. The first kappa shape index (κ1) is 11.9. The van der Waals surface area contributed by atoms with Gasteiger partial charge in [0, 0.05) is 25.2 Å². The van der Waals surface area contributed by atoms with E-state index in [0.29, 0.717) is 0 Å². The van der Waals surface area contributed by atoms with E-state index in [1.54, 1.807) is 0 Å². The van der Waals surface area contributed by atoms with E-state index >= 15 is 0 Å². The van der Waals surface area contributed by atoms with Gasteiger partial charge in [0.15, 0.2) is 0 Å². The zero-order chi connectivity index (χ0) is 9.56. The minimum Gasteiger partial charge on any atom is -0.311 e. The Balaban J connectivity index is 0.000000269. The third-order valence-electron chi connectivity index (χ3n) is 2.33. The smallest absolute Gasteiger partial charge is 0.0233 e. The average molecular weight is 172 g/mol. The van der Waals surface area contributed by atoms with Crippen LogP contribution in [0.25, 0.3) is 0 Å². The largest absolute Gasteiger partial charge is 0.311 e. The predicted molar refractivity (Wildman–Crippen MR) is 55.5 cm³/mol. The highest BCUT2D eigenvalue weighted by Crippen LogP contribution is 2.20. The van der Waals surface area contributed by atoms with Gasteiger partial charge in [-0.3, -0.25) is 0 Å². The van der Waals surface area contributed by atoms with Crippen LogP contribution in [0.1, 0.15) is 34.1 Å². The number of nitrogens with one attached hydrogen (secondary N) is 1. The highest BCUT2D eigenvalue weighted by atomic mass is 15.3. The first-order valence-electron chi connectivity index (χ1n) is 5.30. The SMILES string of the molecule is CC.CC.CN1CC2CC1CN2. The maximum atomic E-state index is 3.44. The molecule has 2 atom stereocenters. The molecule has 0 spiro atoms. The molecule has 2 heteroatoms. The van der Waals surface area contributed by atoms with E-state index in [1.165, 1.54) is 19.5 Å². The number of hydrogen-bond acceptors (Lipinski definition) is 2. The Morgan fingerprint density at radius 2 is 1.75 bits per heavy atom. The van der Waals surface area contributed by atoms with Crippen molar-refractivity contribution in [2.75, 3.05) is 20.1 Å². The van der Waals surface area contributed by atoms with E-state index < -0.39 is 0 Å². The lowest BCUT2D eigenvalue weighted by molar-refractivity contribution is 0.276. The molecule has 2 nitrogen and oxygen atoms in total. The maximum Gasteiger partial charge on any atom is 0.0233 e. The molecule has 0 aromatic rings. The van der Waals surface area contributed by atoms with Crippen molar-refractivity contribution in [1.29, 1.82) is 0 Å². The van der Waals surface area contributed by atoms with Crippen molar-refractivity contribution in [2.45, 2.75) is 46.2 Å². The molecule has 2 fully saturated rings. The second-order valence-electron chi connectivity index (χ2n) is 2.93. The molecule has 2 rings (SSSR count). The van der Waals surface area contributed by atoms with Gasteiger partial charge in [-0.15, -0.1) is 0 Å². The molecule has 0 saturated carbocycles. The van der Waals surface area contributed by atoms with E-state index in [1.807, 2.05) is 27.7 Å². The monoisotopic (exact) mass is 172 g/mol. The Labute approximate surface area is 77.3 Å². The molecule has 0 aromatic heterocycles. The van der Waals surface area contributed by atoms with Crippen molar-refractivity contribution in [1.82, 2.24) is 10.2 Å². The summed E-state index contributed by atoms with van der Waals surface area (Å²) in [6.45, 7) is 10.5. The fourth-order valence-electron chi connectivity index (χ4n) is 1.77. The Kier molecular flexibility index (Phi) is 6.39. The molecule has 2 heterocycles. The van der Waals surface area contributed by atoms with Gasteiger partial charge >= 0.3 is 0 Å². The molecule has 2 aliphatic heterocycles. The highest BCUT2D eigenvalue weighted by Gasteiger charge is 2.34. The van der Waals surface area contributed by atoms with Gasteiger partial charge in [-0.05, 0) is 13.5 Å². The zero-order valence-corrected chi connectivity index (χ0v) is 9.22. The van der Waals surface area contributed by atoms with Crippen LogP contribution in [0, 0.1) is 0 Å². The highest BCUT2D eigenvalue weighted by molar-refractivity contribution is 4.95. The van der Waals surface area contributed by atoms with Crippen LogP contribution in [0.15, 0.2) is 0 Å². The summed E-state index contributed by atoms with van der Waals surface area (Å²) in [5.74, 6) is 0. The summed E-state index contributed by atoms with van der Waals surface area (Å²) >= 11 is 0. The molecule has 2 bridgehead atoms. The maximum absolute atomic E-state index is 3.44. The summed E-state index contributed by atoms with van der Waals surface area (Å²) in [6, 6.07) is 1.69. The van der Waals surface area contributed by atoms with Crippen LogP contribution >= 0.6 is 0 Å². The minimum atomic E-state index is 0.824. The van der Waals surface area contributed by atoms with Crippen molar-refractivity contribution in [3.8, 4) is 0 Å². The molecule has 0 aliphatic carbocycles. The summed E-state index contributed by atoms with van der Waals surface area (Å²) in [5.41, 5.74) is 0. The van der Waals surface area contributed by atoms with Crippen LogP contribution in [0.2, 0.25) is 0 Å². The number of likely N-dealkylation sites (tertiary alicyclic amines) is 1. The molecular formula is C10H24N2. The van der Waals surface area contributed by atoms with Crippen molar-refractivity contribution < 1.29 is 0 Å². The number of fused-ring (bicyclic) bond motifs is 2. The molecular weight excluding hydrogens is 148 g/mol. The van der Waals surface area contributed by atoms with Gasteiger partial charge in [0.05, 0.1) is 0 Å². The van der Waals surface area contributed by atoms with Crippen molar-refractivity contribution >= 4 is 0 Å². The Morgan fingerprint density at radius 1 is 1.17 bits per heavy atom. The van der Waals surface area contributed by atoms with Crippen LogP contribution in [0.5, 0.6) is 0 Å². The summed E-state index contributed by atoms with van der Waals surface area (Å²) in [4.78, 5) is 2.45. The first-order chi connectivity index (χ1) is 5.86. The standard InChI is InChI=1S/C6H12N2.2C2H6/c1-8-4-5-2-6(8)3-7-5;2*1-2/h5-7H,2-4H2,1H3;2*1-2H3. The third kappa shape index (κ3) is 2.76. The van der Waals surface area contributed by atoms with Crippen molar-refractivity contribution in [3.63, 3.8) is 0 Å². The summed E-state index contributed by atoms with van der Waals surface area (Å²) in [5, 5.41) is 3.44. The van der Waals surface area contributed by atoms with Gasteiger partial charge in [-0.25, -0.2) is 0 Å². The lowest BCUT2D eigenvalue weighted by atomic mass is 10.2. The average Bonchev–Trinajstić information content (AvgIpc) is 2.72. The molecule has 0 radical (unpaired) electrons. The Hall–Kier alpha value is -0.0800. The molecule has 74 valence electrons. The van der Waals surface area contributed by atoms with Gasteiger partial charge in [0.25, 0.3) is 0 Å². The number of rotatable bonds is 0. The van der Waals surface area contributed by atoms with E-state index in [-0.39, 0.29) is 0 Å². The Bertz CT molecular complexity index is 102. The van der Waals surface area contributed by atoms with Crippen LogP contribution in [0.4, 0.5) is 0 Å². The second-order valence-corrected chi connectivity index (χ2v) is 2.93. The van der Waals surface area contributed by atoms with E-state index in [0.717, 1.165) is 12.1 Å². The molecule has 1 N–H and O–H groups in total. The molecule has 2 unspecified atom stereocenters. The fourth-order valence-corrected chi connectivity index (χ4v) is 1.77. The number of piperazine rings is 1. The fraction of sp³-hybridized carbons (Fsp3) is 1.00. The second kappa shape index (κ2) is 6.44. The van der Waals surface area contributed by atoms with Crippen LogP contribution in [-0.4, -0.2) is 37.1 Å². The van der Waals surface area contributed by atoms with E-state index in [2.05, 4.69) is 17.3 Å². The zero-order valence-electron chi connectivity index (χ0n) is 9.22. The predicted octanol–water partition coefficient (Wildman–Crippen LogP) is 1.71. The van der Waals surface area contributed by atoms with Crippen LogP contribution in [-0.2, 0) is 0 Å².